The van der Waals surface area contributed by atoms with Crippen LogP contribution in [-0.2, 0) is 12.8 Å². The number of carbonyl (C=O) groups is 1. The van der Waals surface area contributed by atoms with Gasteiger partial charge in [0.15, 0.2) is 5.65 Å². The number of aryl methyl sites for hydroxylation is 1. The summed E-state index contributed by atoms with van der Waals surface area (Å²) in [6.45, 7) is 2.51. The number of aromatic nitrogens is 3. The van der Waals surface area contributed by atoms with Crippen molar-refractivity contribution in [3.8, 4) is 5.75 Å². The Morgan fingerprint density at radius 1 is 1.27 bits per heavy atom. The Hall–Kier alpha value is -3.09. The zero-order chi connectivity index (χ0) is 18.1. The number of fused-ring (bicyclic) bond motifs is 2. The number of nitrogens with one attached hydrogen (secondary N) is 2. The van der Waals surface area contributed by atoms with Crippen molar-refractivity contribution in [3.05, 3.63) is 57.6 Å². The molecule has 0 aliphatic heterocycles. The van der Waals surface area contributed by atoms with Gasteiger partial charge in [-0.2, -0.15) is 0 Å². The normalized spacial score (nSPS) is 13.4. The zero-order valence-electron chi connectivity index (χ0n) is 14.5. The predicted octanol–water partition coefficient (Wildman–Crippen LogP) is 2.55. The smallest absolute Gasteiger partial charge is 0.276 e. The second kappa shape index (κ2) is 6.67. The molecule has 26 heavy (non-hydrogen) atoms. The van der Waals surface area contributed by atoms with Crippen molar-refractivity contribution >= 4 is 17.2 Å². The van der Waals surface area contributed by atoms with Crippen molar-refractivity contribution in [2.45, 2.75) is 32.6 Å². The summed E-state index contributed by atoms with van der Waals surface area (Å²) in [4.78, 5) is 29.9. The lowest BCUT2D eigenvalue weighted by Crippen LogP contribution is -2.25. The molecule has 0 saturated heterocycles. The summed E-state index contributed by atoms with van der Waals surface area (Å²) in [5.74, 6) is 0.438. The van der Waals surface area contributed by atoms with Crippen LogP contribution >= 0.6 is 0 Å². The van der Waals surface area contributed by atoms with Gasteiger partial charge in [0.1, 0.15) is 11.3 Å². The second-order valence-corrected chi connectivity index (χ2v) is 6.31. The molecule has 0 unspecified atom stereocenters. The fourth-order valence-corrected chi connectivity index (χ4v) is 3.31. The Kier molecular flexibility index (Phi) is 4.20. The van der Waals surface area contributed by atoms with E-state index in [0.29, 0.717) is 23.5 Å². The SMILES string of the molecule is CCOc1ccc(NC(=O)c2c[nH]n3c(=O)c4c(nc23)CCCC4)cc1. The van der Waals surface area contributed by atoms with Gasteiger partial charge in [-0.25, -0.2) is 9.50 Å². The first-order valence-corrected chi connectivity index (χ1v) is 8.83. The molecular weight excluding hydrogens is 332 g/mol. The molecule has 7 heteroatoms. The summed E-state index contributed by atoms with van der Waals surface area (Å²) >= 11 is 0. The summed E-state index contributed by atoms with van der Waals surface area (Å²) in [5, 5.41) is 5.70. The standard InChI is InChI=1S/C19H20N4O3/c1-2-26-13-9-7-12(8-10-13)21-18(24)15-11-20-23-17(15)22-16-6-4-3-5-14(16)19(23)25/h7-11,20H,2-6H2,1H3,(H,21,24). The fraction of sp³-hybridized carbons (Fsp3) is 0.316. The minimum absolute atomic E-state index is 0.107. The van der Waals surface area contributed by atoms with Crippen molar-refractivity contribution in [2.75, 3.05) is 11.9 Å². The molecule has 134 valence electrons. The van der Waals surface area contributed by atoms with Crippen LogP contribution in [0.5, 0.6) is 5.75 Å². The number of amides is 1. The summed E-state index contributed by atoms with van der Waals surface area (Å²) < 4.78 is 6.75. The number of benzene rings is 1. The van der Waals surface area contributed by atoms with Crippen LogP contribution in [-0.4, -0.2) is 27.1 Å². The van der Waals surface area contributed by atoms with Crippen molar-refractivity contribution in [3.63, 3.8) is 0 Å². The van der Waals surface area contributed by atoms with Crippen LogP contribution in [0.4, 0.5) is 5.69 Å². The van der Waals surface area contributed by atoms with Crippen LogP contribution in [0.25, 0.3) is 5.65 Å². The fourth-order valence-electron chi connectivity index (χ4n) is 3.31. The molecule has 2 N–H and O–H groups in total. The number of hydrogen-bond acceptors (Lipinski definition) is 4. The van der Waals surface area contributed by atoms with Gasteiger partial charge in [-0.1, -0.05) is 0 Å². The number of rotatable bonds is 4. The van der Waals surface area contributed by atoms with Gasteiger partial charge in [-0.05, 0) is 56.9 Å². The predicted molar refractivity (Wildman–Crippen MR) is 98.0 cm³/mol. The maximum atomic E-state index is 12.7. The van der Waals surface area contributed by atoms with Gasteiger partial charge in [-0.15, -0.1) is 0 Å². The Morgan fingerprint density at radius 3 is 2.81 bits per heavy atom. The number of ether oxygens (including phenoxy) is 1. The van der Waals surface area contributed by atoms with E-state index in [1.54, 1.807) is 24.3 Å². The molecule has 1 amide bonds. The van der Waals surface area contributed by atoms with Gasteiger partial charge < -0.3 is 10.1 Å². The molecule has 2 aromatic heterocycles. The molecule has 1 aliphatic rings. The highest BCUT2D eigenvalue weighted by Crippen LogP contribution is 2.20. The first-order valence-electron chi connectivity index (χ1n) is 8.83. The molecule has 0 fully saturated rings. The monoisotopic (exact) mass is 352 g/mol. The Balaban J connectivity index is 1.65. The maximum absolute atomic E-state index is 12.7. The average Bonchev–Trinajstić information content (AvgIpc) is 3.08. The Morgan fingerprint density at radius 2 is 2.04 bits per heavy atom. The zero-order valence-corrected chi connectivity index (χ0v) is 14.5. The van der Waals surface area contributed by atoms with Crippen LogP contribution < -0.4 is 15.6 Å². The van der Waals surface area contributed by atoms with E-state index in [1.165, 1.54) is 10.7 Å². The third-order valence-electron chi connectivity index (χ3n) is 4.60. The highest BCUT2D eigenvalue weighted by molar-refractivity contribution is 6.08. The van der Waals surface area contributed by atoms with Crippen molar-refractivity contribution in [2.24, 2.45) is 0 Å². The lowest BCUT2D eigenvalue weighted by Gasteiger charge is -2.13. The van der Waals surface area contributed by atoms with Gasteiger partial charge in [-0.3, -0.25) is 14.7 Å². The summed E-state index contributed by atoms with van der Waals surface area (Å²) in [5.41, 5.74) is 2.84. The van der Waals surface area contributed by atoms with E-state index in [4.69, 9.17) is 4.74 Å². The van der Waals surface area contributed by atoms with Gasteiger partial charge >= 0.3 is 0 Å². The highest BCUT2D eigenvalue weighted by Gasteiger charge is 2.21. The third-order valence-corrected chi connectivity index (χ3v) is 4.60. The second-order valence-electron chi connectivity index (χ2n) is 6.31. The summed E-state index contributed by atoms with van der Waals surface area (Å²) in [6.07, 6.45) is 5.08. The first-order chi connectivity index (χ1) is 12.7. The average molecular weight is 352 g/mol. The molecule has 7 nitrogen and oxygen atoms in total. The molecule has 2 heterocycles. The van der Waals surface area contributed by atoms with Crippen molar-refractivity contribution in [1.82, 2.24) is 14.6 Å². The molecule has 0 saturated carbocycles. The molecule has 1 aromatic carbocycles. The van der Waals surface area contributed by atoms with E-state index in [-0.39, 0.29) is 11.5 Å². The number of nitrogens with zero attached hydrogens (tertiary/aromatic N) is 2. The number of carbonyl (C=O) groups excluding carboxylic acids is 1. The van der Waals surface area contributed by atoms with Gasteiger partial charge in [0, 0.05) is 17.4 Å². The van der Waals surface area contributed by atoms with Crippen LogP contribution in [0.15, 0.2) is 35.3 Å². The first kappa shape index (κ1) is 16.4. The Bertz CT molecular complexity index is 1020. The number of hydrogen-bond donors (Lipinski definition) is 2. The van der Waals surface area contributed by atoms with E-state index in [9.17, 15) is 9.59 Å². The van der Waals surface area contributed by atoms with E-state index in [2.05, 4.69) is 15.4 Å². The lowest BCUT2D eigenvalue weighted by molar-refractivity contribution is 0.102. The number of H-pyrrole nitrogens is 1. The van der Waals surface area contributed by atoms with E-state index in [0.717, 1.165) is 42.7 Å². The van der Waals surface area contributed by atoms with Gasteiger partial charge in [0.05, 0.1) is 12.3 Å². The van der Waals surface area contributed by atoms with Crippen LogP contribution in [0.3, 0.4) is 0 Å². The van der Waals surface area contributed by atoms with Gasteiger partial charge in [0.2, 0.25) is 0 Å². The van der Waals surface area contributed by atoms with Crippen LogP contribution in [0, 0.1) is 0 Å². The maximum Gasteiger partial charge on any atom is 0.276 e. The van der Waals surface area contributed by atoms with Crippen molar-refractivity contribution in [1.29, 1.82) is 0 Å². The minimum atomic E-state index is -0.310. The minimum Gasteiger partial charge on any atom is -0.494 e. The lowest BCUT2D eigenvalue weighted by atomic mass is 9.97. The molecule has 0 atom stereocenters. The number of aromatic amines is 1. The molecule has 3 aromatic rings. The van der Waals surface area contributed by atoms with E-state index >= 15 is 0 Å². The summed E-state index contributed by atoms with van der Waals surface area (Å²) in [7, 11) is 0. The van der Waals surface area contributed by atoms with Gasteiger partial charge in [0.25, 0.3) is 11.5 Å². The molecule has 1 aliphatic carbocycles. The molecule has 4 rings (SSSR count). The van der Waals surface area contributed by atoms with E-state index < -0.39 is 0 Å². The van der Waals surface area contributed by atoms with Crippen molar-refractivity contribution < 1.29 is 9.53 Å². The van der Waals surface area contributed by atoms with Crippen LogP contribution in [0.1, 0.15) is 41.4 Å². The number of anilines is 1. The molecule has 0 bridgehead atoms. The molecule has 0 spiro atoms. The molecular formula is C19H20N4O3. The summed E-state index contributed by atoms with van der Waals surface area (Å²) in [6, 6.07) is 7.15. The quantitative estimate of drug-likeness (QED) is 0.755. The van der Waals surface area contributed by atoms with Crippen LogP contribution in [0.2, 0.25) is 0 Å². The highest BCUT2D eigenvalue weighted by atomic mass is 16.5. The largest absolute Gasteiger partial charge is 0.494 e. The topological polar surface area (TPSA) is 88.5 Å². The Labute approximate surface area is 150 Å². The third kappa shape index (κ3) is 2.85. The van der Waals surface area contributed by atoms with E-state index in [1.807, 2.05) is 6.92 Å². The molecule has 0 radical (unpaired) electrons.